The Morgan fingerprint density at radius 2 is 2.04 bits per heavy atom. The molecule has 1 saturated heterocycles. The smallest absolute Gasteiger partial charge is 0.230 e. The zero-order valence-corrected chi connectivity index (χ0v) is 15.4. The Bertz CT molecular complexity index is 821. The fourth-order valence-electron chi connectivity index (χ4n) is 3.79. The molecule has 0 bridgehead atoms. The molecule has 26 heavy (non-hydrogen) atoms. The van der Waals surface area contributed by atoms with Crippen molar-refractivity contribution in [3.8, 4) is 5.75 Å². The largest absolute Gasteiger partial charge is 0.497 e. The van der Waals surface area contributed by atoms with E-state index in [0.29, 0.717) is 0 Å². The van der Waals surface area contributed by atoms with Gasteiger partial charge in [0.15, 0.2) is 0 Å². The quantitative estimate of drug-likeness (QED) is 0.775. The van der Waals surface area contributed by atoms with Gasteiger partial charge >= 0.3 is 0 Å². The maximum Gasteiger partial charge on any atom is 0.230 e. The highest BCUT2D eigenvalue weighted by Gasteiger charge is 2.33. The van der Waals surface area contributed by atoms with Crippen molar-refractivity contribution in [3.63, 3.8) is 0 Å². The third-order valence-electron chi connectivity index (χ3n) is 5.23. The molecule has 136 valence electrons. The average molecular weight is 373 g/mol. The maximum absolute atomic E-state index is 13.1. The van der Waals surface area contributed by atoms with Crippen LogP contribution < -0.4 is 14.5 Å². The van der Waals surface area contributed by atoms with Gasteiger partial charge in [0.1, 0.15) is 11.6 Å². The van der Waals surface area contributed by atoms with Crippen molar-refractivity contribution in [3.05, 3.63) is 41.3 Å². The summed E-state index contributed by atoms with van der Waals surface area (Å²) in [6.07, 6.45) is 4.20. The molecule has 4 rings (SSSR count). The van der Waals surface area contributed by atoms with Gasteiger partial charge in [0.05, 0.1) is 12.8 Å². The molecule has 0 spiro atoms. The molecule has 1 aromatic heterocycles. The summed E-state index contributed by atoms with van der Waals surface area (Å²) >= 11 is 5.88. The van der Waals surface area contributed by atoms with E-state index in [2.05, 4.69) is 20.9 Å². The number of ether oxygens (including phenoxy) is 1. The number of methoxy groups -OCH3 is 1. The van der Waals surface area contributed by atoms with Crippen LogP contribution in [0, 0.1) is 5.92 Å². The first-order valence-electron chi connectivity index (χ1n) is 8.87. The van der Waals surface area contributed by atoms with Crippen LogP contribution in [0.15, 0.2) is 30.5 Å². The van der Waals surface area contributed by atoms with Crippen LogP contribution in [-0.2, 0) is 11.2 Å². The normalized spacial score (nSPS) is 17.3. The van der Waals surface area contributed by atoms with Crippen molar-refractivity contribution >= 4 is 29.0 Å². The minimum absolute atomic E-state index is 0.0423. The fourth-order valence-corrected chi connectivity index (χ4v) is 3.94. The molecule has 6 nitrogen and oxygen atoms in total. The number of fused-ring (bicyclic) bond motifs is 1. The Morgan fingerprint density at radius 1 is 1.23 bits per heavy atom. The first kappa shape index (κ1) is 17.1. The van der Waals surface area contributed by atoms with Crippen LogP contribution in [0.5, 0.6) is 5.75 Å². The Hall–Kier alpha value is -2.34. The number of nitrogens with zero attached hydrogens (tertiary/aromatic N) is 4. The van der Waals surface area contributed by atoms with Crippen LogP contribution in [0.3, 0.4) is 0 Å². The summed E-state index contributed by atoms with van der Waals surface area (Å²) in [5, 5.41) is 0.253. The summed E-state index contributed by atoms with van der Waals surface area (Å²) in [5.41, 5.74) is 2.21. The first-order valence-corrected chi connectivity index (χ1v) is 9.25. The molecule has 2 aliphatic rings. The second-order valence-corrected chi connectivity index (χ2v) is 7.02. The Morgan fingerprint density at radius 3 is 2.77 bits per heavy atom. The number of anilines is 2. The number of rotatable bonds is 3. The Labute approximate surface area is 157 Å². The molecule has 1 fully saturated rings. The summed E-state index contributed by atoms with van der Waals surface area (Å²) in [6.45, 7) is 2.34. The molecule has 0 atom stereocenters. The van der Waals surface area contributed by atoms with Crippen molar-refractivity contribution < 1.29 is 9.53 Å². The van der Waals surface area contributed by atoms with Gasteiger partial charge in [-0.15, -0.1) is 0 Å². The minimum atomic E-state index is 0.0423. The van der Waals surface area contributed by atoms with E-state index in [0.717, 1.165) is 56.2 Å². The lowest BCUT2D eigenvalue weighted by Gasteiger charge is -2.34. The van der Waals surface area contributed by atoms with E-state index < -0.39 is 0 Å². The summed E-state index contributed by atoms with van der Waals surface area (Å²) in [6, 6.07) is 7.84. The summed E-state index contributed by atoms with van der Waals surface area (Å²) in [7, 11) is 1.65. The maximum atomic E-state index is 13.1. The van der Waals surface area contributed by atoms with Crippen LogP contribution in [0.1, 0.15) is 18.4 Å². The molecule has 0 radical (unpaired) electrons. The fraction of sp³-hybridized carbons (Fsp3) is 0.421. The highest BCUT2D eigenvalue weighted by atomic mass is 35.5. The van der Waals surface area contributed by atoms with E-state index >= 15 is 0 Å². The molecule has 2 aliphatic heterocycles. The highest BCUT2D eigenvalue weighted by molar-refractivity contribution is 6.28. The van der Waals surface area contributed by atoms with E-state index in [1.54, 1.807) is 13.3 Å². The third-order valence-corrected chi connectivity index (χ3v) is 5.42. The lowest BCUT2D eigenvalue weighted by Crippen LogP contribution is -2.42. The van der Waals surface area contributed by atoms with Crippen molar-refractivity contribution in [1.82, 2.24) is 9.97 Å². The van der Waals surface area contributed by atoms with Crippen LogP contribution >= 0.6 is 11.6 Å². The van der Waals surface area contributed by atoms with Gasteiger partial charge in [-0.05, 0) is 48.6 Å². The van der Waals surface area contributed by atoms with E-state index in [4.69, 9.17) is 16.3 Å². The first-order chi connectivity index (χ1) is 12.7. The van der Waals surface area contributed by atoms with Gasteiger partial charge in [-0.3, -0.25) is 4.79 Å². The average Bonchev–Trinajstić information content (AvgIpc) is 3.10. The Kier molecular flexibility index (Phi) is 4.68. The van der Waals surface area contributed by atoms with E-state index in [-0.39, 0.29) is 17.1 Å². The second kappa shape index (κ2) is 7.11. The SMILES string of the molecule is COc1ccc2c(c1)N(C(=O)C1CCN(c3ccnc(Cl)n3)CC1)CC2. The molecule has 0 N–H and O–H groups in total. The summed E-state index contributed by atoms with van der Waals surface area (Å²) in [4.78, 5) is 25.4. The molecule has 7 heteroatoms. The molecular weight excluding hydrogens is 352 g/mol. The van der Waals surface area contributed by atoms with E-state index in [9.17, 15) is 4.79 Å². The van der Waals surface area contributed by atoms with Gasteiger partial charge in [0.25, 0.3) is 0 Å². The zero-order valence-electron chi connectivity index (χ0n) is 14.7. The van der Waals surface area contributed by atoms with Gasteiger partial charge in [0.2, 0.25) is 11.2 Å². The van der Waals surface area contributed by atoms with Crippen molar-refractivity contribution in [2.45, 2.75) is 19.3 Å². The molecule has 1 aromatic carbocycles. The molecule has 3 heterocycles. The topological polar surface area (TPSA) is 58.6 Å². The molecule has 0 aliphatic carbocycles. The number of piperidine rings is 1. The monoisotopic (exact) mass is 372 g/mol. The molecule has 1 amide bonds. The summed E-state index contributed by atoms with van der Waals surface area (Å²) in [5.74, 6) is 1.88. The van der Waals surface area contributed by atoms with Crippen molar-refractivity contribution in [2.24, 2.45) is 5.92 Å². The van der Waals surface area contributed by atoms with Crippen LogP contribution in [0.2, 0.25) is 5.28 Å². The number of carbonyl (C=O) groups excluding carboxylic acids is 1. The third kappa shape index (κ3) is 3.21. The van der Waals surface area contributed by atoms with Crippen LogP contribution in [0.4, 0.5) is 11.5 Å². The number of benzene rings is 1. The zero-order chi connectivity index (χ0) is 18.1. The number of halogens is 1. The van der Waals surface area contributed by atoms with Crippen molar-refractivity contribution in [2.75, 3.05) is 36.5 Å². The minimum Gasteiger partial charge on any atom is -0.497 e. The van der Waals surface area contributed by atoms with Gasteiger partial charge in [-0.2, -0.15) is 0 Å². The number of carbonyl (C=O) groups is 1. The lowest BCUT2D eigenvalue weighted by atomic mass is 9.95. The van der Waals surface area contributed by atoms with Gasteiger partial charge in [-0.1, -0.05) is 6.07 Å². The van der Waals surface area contributed by atoms with Gasteiger partial charge in [-0.25, -0.2) is 9.97 Å². The van der Waals surface area contributed by atoms with Gasteiger partial charge < -0.3 is 14.5 Å². The molecule has 0 unspecified atom stereocenters. The molecular formula is C19H21ClN4O2. The Balaban J connectivity index is 1.44. The van der Waals surface area contributed by atoms with Gasteiger partial charge in [0, 0.05) is 37.8 Å². The number of hydrogen-bond acceptors (Lipinski definition) is 5. The highest BCUT2D eigenvalue weighted by Crippen LogP contribution is 2.34. The second-order valence-electron chi connectivity index (χ2n) is 6.68. The molecule has 0 saturated carbocycles. The number of amides is 1. The predicted octanol–water partition coefficient (Wildman–Crippen LogP) is 2.94. The molecule has 2 aromatic rings. The number of aromatic nitrogens is 2. The van der Waals surface area contributed by atoms with Crippen molar-refractivity contribution in [1.29, 1.82) is 0 Å². The van der Waals surface area contributed by atoms with Crippen LogP contribution in [0.25, 0.3) is 0 Å². The van der Waals surface area contributed by atoms with E-state index in [1.165, 1.54) is 5.56 Å². The standard InChI is InChI=1S/C19H21ClN4O2/c1-26-15-3-2-13-7-11-24(16(13)12-15)18(25)14-5-9-23(10-6-14)17-4-8-21-19(20)22-17/h2-4,8,12,14H,5-7,9-11H2,1H3. The van der Waals surface area contributed by atoms with E-state index in [1.807, 2.05) is 23.1 Å². The van der Waals surface area contributed by atoms with Crippen LogP contribution in [-0.4, -0.2) is 42.6 Å². The predicted molar refractivity (Wildman–Crippen MR) is 101 cm³/mol. The lowest BCUT2D eigenvalue weighted by molar-refractivity contribution is -0.122. The number of hydrogen-bond donors (Lipinski definition) is 0. The summed E-state index contributed by atoms with van der Waals surface area (Å²) < 4.78 is 5.32.